The molecule has 0 aliphatic rings. The minimum Gasteiger partial charge on any atom is -0.454 e. The molecule has 0 N–H and O–H groups in total. The van der Waals surface area contributed by atoms with Crippen LogP contribution in [-0.2, 0) is 0 Å². The maximum atomic E-state index is 6.11. The highest BCUT2D eigenvalue weighted by atomic mass is 16.3. The molecule has 192 valence electrons. The number of fused-ring (bicyclic) bond motifs is 9. The minimum absolute atomic E-state index is 0.752. The molecule has 9 aromatic rings. The third-order valence-corrected chi connectivity index (χ3v) is 7.86. The third-order valence-electron chi connectivity index (χ3n) is 7.86. The van der Waals surface area contributed by atoms with Gasteiger partial charge in [-0.25, -0.2) is 9.97 Å². The molecule has 0 amide bonds. The number of rotatable bonds is 3. The second-order valence-corrected chi connectivity index (χ2v) is 10.2. The van der Waals surface area contributed by atoms with Crippen LogP contribution in [0.1, 0.15) is 0 Å². The van der Waals surface area contributed by atoms with Gasteiger partial charge in [0, 0.05) is 16.2 Å². The van der Waals surface area contributed by atoms with Crippen LogP contribution in [0.2, 0.25) is 0 Å². The molecule has 5 nitrogen and oxygen atoms in total. The number of aromatic nitrogens is 2. The number of pyridine rings is 2. The van der Waals surface area contributed by atoms with Crippen molar-refractivity contribution in [2.75, 3.05) is 4.90 Å². The van der Waals surface area contributed by atoms with Crippen LogP contribution >= 0.6 is 0 Å². The summed E-state index contributed by atoms with van der Waals surface area (Å²) in [5.41, 5.74) is 5.79. The van der Waals surface area contributed by atoms with Crippen molar-refractivity contribution in [1.29, 1.82) is 0 Å². The molecule has 5 heteroatoms. The van der Waals surface area contributed by atoms with E-state index >= 15 is 0 Å². The van der Waals surface area contributed by atoms with Crippen LogP contribution in [0.5, 0.6) is 0 Å². The summed E-state index contributed by atoms with van der Waals surface area (Å²) >= 11 is 0. The van der Waals surface area contributed by atoms with E-state index in [9.17, 15) is 0 Å². The van der Waals surface area contributed by atoms with Crippen LogP contribution in [0.4, 0.5) is 17.3 Å². The highest BCUT2D eigenvalue weighted by Gasteiger charge is 2.22. The first-order valence-electron chi connectivity index (χ1n) is 13.6. The fraction of sp³-hybridized carbons (Fsp3) is 0. The zero-order valence-electron chi connectivity index (χ0n) is 21.8. The monoisotopic (exact) mass is 527 g/mol. The van der Waals surface area contributed by atoms with E-state index in [0.717, 1.165) is 72.2 Å². The average Bonchev–Trinajstić information content (AvgIpc) is 3.59. The summed E-state index contributed by atoms with van der Waals surface area (Å²) < 4.78 is 12.2. The first-order valence-corrected chi connectivity index (χ1v) is 13.6. The zero-order chi connectivity index (χ0) is 26.9. The Labute approximate surface area is 233 Å². The lowest BCUT2D eigenvalue weighted by molar-refractivity contribution is 0.668. The largest absolute Gasteiger partial charge is 0.454 e. The Hall–Kier alpha value is -5.68. The Bertz CT molecular complexity index is 2340. The number of hydrogen-bond acceptors (Lipinski definition) is 5. The third kappa shape index (κ3) is 3.29. The summed E-state index contributed by atoms with van der Waals surface area (Å²) in [7, 11) is 0. The molecule has 0 saturated heterocycles. The summed E-state index contributed by atoms with van der Waals surface area (Å²) in [5.74, 6) is 1.51. The summed E-state index contributed by atoms with van der Waals surface area (Å²) in [6.45, 7) is 0. The van der Waals surface area contributed by atoms with Gasteiger partial charge in [-0.05, 0) is 70.8 Å². The number of furan rings is 2. The van der Waals surface area contributed by atoms with Gasteiger partial charge in [0.1, 0.15) is 33.8 Å². The molecule has 41 heavy (non-hydrogen) atoms. The highest BCUT2D eigenvalue weighted by Crippen LogP contribution is 2.42. The lowest BCUT2D eigenvalue weighted by atomic mass is 9.99. The van der Waals surface area contributed by atoms with E-state index < -0.39 is 0 Å². The van der Waals surface area contributed by atoms with Crippen molar-refractivity contribution in [2.24, 2.45) is 0 Å². The predicted octanol–water partition coefficient (Wildman–Crippen LogP) is 10.1. The number of benzene rings is 5. The van der Waals surface area contributed by atoms with Crippen LogP contribution in [-0.4, -0.2) is 9.97 Å². The topological polar surface area (TPSA) is 55.3 Å². The maximum absolute atomic E-state index is 6.11. The Kier molecular flexibility index (Phi) is 4.55. The fourth-order valence-corrected chi connectivity index (χ4v) is 6.00. The summed E-state index contributed by atoms with van der Waals surface area (Å²) in [5, 5.41) is 6.62. The van der Waals surface area contributed by atoms with E-state index in [1.807, 2.05) is 60.7 Å². The Morgan fingerprint density at radius 2 is 0.902 bits per heavy atom. The smallest absolute Gasteiger partial charge is 0.154 e. The molecule has 0 unspecified atom stereocenters. The second-order valence-electron chi connectivity index (χ2n) is 10.2. The molecule has 0 saturated carbocycles. The van der Waals surface area contributed by atoms with Gasteiger partial charge < -0.3 is 8.83 Å². The highest BCUT2D eigenvalue weighted by molar-refractivity contribution is 6.15. The Balaban J connectivity index is 1.38. The molecule has 0 aliphatic heterocycles. The maximum Gasteiger partial charge on any atom is 0.154 e. The van der Waals surface area contributed by atoms with Gasteiger partial charge in [0.05, 0.1) is 5.69 Å². The average molecular weight is 528 g/mol. The van der Waals surface area contributed by atoms with Crippen molar-refractivity contribution >= 4 is 83.0 Å². The van der Waals surface area contributed by atoms with Gasteiger partial charge in [-0.1, -0.05) is 72.8 Å². The van der Waals surface area contributed by atoms with E-state index in [1.165, 1.54) is 10.8 Å². The van der Waals surface area contributed by atoms with Crippen LogP contribution in [0.15, 0.2) is 136 Å². The summed E-state index contributed by atoms with van der Waals surface area (Å²) in [4.78, 5) is 12.6. The molecular weight excluding hydrogens is 506 g/mol. The van der Waals surface area contributed by atoms with E-state index in [1.54, 1.807) is 0 Å². The van der Waals surface area contributed by atoms with Crippen molar-refractivity contribution in [2.45, 2.75) is 0 Å². The predicted molar refractivity (Wildman–Crippen MR) is 166 cm³/mol. The lowest BCUT2D eigenvalue weighted by Gasteiger charge is -2.25. The molecule has 0 spiro atoms. The molecular formula is C36H21N3O2. The molecule has 0 atom stereocenters. The molecule has 0 fully saturated rings. The second kappa shape index (κ2) is 8.41. The van der Waals surface area contributed by atoms with E-state index in [-0.39, 0.29) is 0 Å². The number of nitrogens with zero attached hydrogens (tertiary/aromatic N) is 3. The van der Waals surface area contributed by atoms with Crippen molar-refractivity contribution in [3.63, 3.8) is 0 Å². The van der Waals surface area contributed by atoms with Crippen LogP contribution < -0.4 is 4.90 Å². The first kappa shape index (κ1) is 22.2. The van der Waals surface area contributed by atoms with Crippen LogP contribution in [0.3, 0.4) is 0 Å². The van der Waals surface area contributed by atoms with E-state index in [0.29, 0.717) is 0 Å². The van der Waals surface area contributed by atoms with Crippen molar-refractivity contribution in [3.8, 4) is 0 Å². The van der Waals surface area contributed by atoms with Gasteiger partial charge in [-0.15, -0.1) is 0 Å². The normalized spacial score (nSPS) is 11.9. The molecule has 9 rings (SSSR count). The quantitative estimate of drug-likeness (QED) is 0.214. The van der Waals surface area contributed by atoms with Crippen LogP contribution in [0, 0.1) is 0 Å². The minimum atomic E-state index is 0.752. The van der Waals surface area contributed by atoms with Gasteiger partial charge in [-0.3, -0.25) is 4.90 Å². The Morgan fingerprint density at radius 1 is 0.415 bits per heavy atom. The van der Waals surface area contributed by atoms with Gasteiger partial charge >= 0.3 is 0 Å². The SMILES string of the molecule is c1ccc2c(c1)cc(N(c1ccc3oc4ccccc4c3n1)c1ccc3oc4ccccc4c3n1)c1ccccc12. The van der Waals surface area contributed by atoms with Gasteiger partial charge in [-0.2, -0.15) is 0 Å². The first-order chi connectivity index (χ1) is 20.3. The number of anilines is 3. The Morgan fingerprint density at radius 3 is 1.51 bits per heavy atom. The lowest BCUT2D eigenvalue weighted by Crippen LogP contribution is -2.13. The van der Waals surface area contributed by atoms with Gasteiger partial charge in [0.2, 0.25) is 0 Å². The fourth-order valence-electron chi connectivity index (χ4n) is 6.00. The summed E-state index contributed by atoms with van der Waals surface area (Å²) in [6, 6.07) is 43.3. The van der Waals surface area contributed by atoms with E-state index in [2.05, 4.69) is 71.6 Å². The number of hydrogen-bond donors (Lipinski definition) is 0. The molecule has 5 aromatic carbocycles. The standard InChI is InChI=1S/C36H21N3O2/c1-2-10-23-22(9-1)21-28(25-12-4-3-11-24(23)25)39(33-19-17-31-35(37-33)26-13-5-7-15-29(26)40-31)34-20-18-32-36(38-34)27-14-6-8-16-30(27)41-32/h1-21H. The van der Waals surface area contributed by atoms with Gasteiger partial charge in [0.15, 0.2) is 11.2 Å². The zero-order valence-corrected chi connectivity index (χ0v) is 21.8. The van der Waals surface area contributed by atoms with Crippen molar-refractivity contribution < 1.29 is 8.83 Å². The summed E-state index contributed by atoms with van der Waals surface area (Å²) in [6.07, 6.45) is 0. The molecule has 0 radical (unpaired) electrons. The molecule has 4 heterocycles. The van der Waals surface area contributed by atoms with Crippen LogP contribution in [0.25, 0.3) is 65.7 Å². The van der Waals surface area contributed by atoms with E-state index in [4.69, 9.17) is 18.8 Å². The molecule has 0 aliphatic carbocycles. The van der Waals surface area contributed by atoms with Crippen molar-refractivity contribution in [3.05, 3.63) is 127 Å². The van der Waals surface area contributed by atoms with Crippen molar-refractivity contribution in [1.82, 2.24) is 9.97 Å². The number of para-hydroxylation sites is 2. The molecule has 0 bridgehead atoms. The molecule has 4 aromatic heterocycles. The van der Waals surface area contributed by atoms with Gasteiger partial charge in [0.25, 0.3) is 0 Å².